The van der Waals surface area contributed by atoms with Crippen molar-refractivity contribution in [3.63, 3.8) is 0 Å². The highest BCUT2D eigenvalue weighted by molar-refractivity contribution is 5.91. The molecule has 2 aromatic carbocycles. The number of benzene rings is 2. The smallest absolute Gasteiger partial charge is 0.289 e. The van der Waals surface area contributed by atoms with Crippen LogP contribution < -0.4 is 4.74 Å². The average Bonchev–Trinajstić information content (AvgIpc) is 3.62. The molecule has 8 heteroatoms. The summed E-state index contributed by atoms with van der Waals surface area (Å²) in [5.41, 5.74) is 2.12. The van der Waals surface area contributed by atoms with Crippen molar-refractivity contribution in [1.29, 1.82) is 0 Å². The van der Waals surface area contributed by atoms with Crippen molar-refractivity contribution >= 4 is 11.8 Å². The molecule has 1 atom stereocenters. The van der Waals surface area contributed by atoms with Crippen LogP contribution in [0.5, 0.6) is 5.75 Å². The zero-order valence-corrected chi connectivity index (χ0v) is 23.1. The van der Waals surface area contributed by atoms with Gasteiger partial charge in [0.05, 0.1) is 18.8 Å². The van der Waals surface area contributed by atoms with Crippen LogP contribution in [0.25, 0.3) is 0 Å². The Morgan fingerprint density at radius 2 is 1.88 bits per heavy atom. The van der Waals surface area contributed by atoms with E-state index in [9.17, 15) is 14.0 Å². The van der Waals surface area contributed by atoms with Gasteiger partial charge in [-0.05, 0) is 71.6 Å². The molecule has 3 heterocycles. The molecule has 0 saturated carbocycles. The van der Waals surface area contributed by atoms with E-state index in [4.69, 9.17) is 13.6 Å². The van der Waals surface area contributed by atoms with Gasteiger partial charge < -0.3 is 23.4 Å². The summed E-state index contributed by atoms with van der Waals surface area (Å²) in [6.07, 6.45) is 2.26. The van der Waals surface area contributed by atoms with Crippen LogP contribution >= 0.6 is 0 Å². The van der Waals surface area contributed by atoms with Gasteiger partial charge >= 0.3 is 0 Å². The minimum absolute atomic E-state index is 0.00327. The third-order valence-electron chi connectivity index (χ3n) is 6.99. The molecule has 0 spiro atoms. The molecule has 0 saturated heterocycles. The van der Waals surface area contributed by atoms with Crippen LogP contribution in [-0.2, 0) is 24.4 Å². The molecule has 0 radical (unpaired) electrons. The van der Waals surface area contributed by atoms with Crippen molar-refractivity contribution in [2.75, 3.05) is 13.6 Å². The summed E-state index contributed by atoms with van der Waals surface area (Å²) < 4.78 is 31.4. The molecular formula is C32H33FN2O5. The van der Waals surface area contributed by atoms with Crippen molar-refractivity contribution in [1.82, 2.24) is 9.80 Å². The van der Waals surface area contributed by atoms with Gasteiger partial charge in [-0.1, -0.05) is 39.0 Å². The molecule has 0 fully saturated rings. The van der Waals surface area contributed by atoms with Crippen LogP contribution in [0.15, 0.2) is 81.8 Å². The van der Waals surface area contributed by atoms with Gasteiger partial charge in [-0.15, -0.1) is 0 Å². The first-order valence-corrected chi connectivity index (χ1v) is 13.3. The summed E-state index contributed by atoms with van der Waals surface area (Å²) >= 11 is 0. The fourth-order valence-corrected chi connectivity index (χ4v) is 4.99. The summed E-state index contributed by atoms with van der Waals surface area (Å²) in [6.45, 7) is 6.67. The second kappa shape index (κ2) is 11.0. The lowest BCUT2D eigenvalue weighted by Crippen LogP contribution is -2.45. The number of carbonyl (C=O) groups excluding carboxylic acids is 2. The highest BCUT2D eigenvalue weighted by Gasteiger charge is 2.37. The fraction of sp³-hybridized carbons (Fsp3) is 0.312. The summed E-state index contributed by atoms with van der Waals surface area (Å²) in [7, 11) is 1.68. The number of ether oxygens (including phenoxy) is 1. The summed E-state index contributed by atoms with van der Waals surface area (Å²) in [4.78, 5) is 29.6. The second-order valence-electron chi connectivity index (χ2n) is 11.1. The molecule has 0 unspecified atom stereocenters. The van der Waals surface area contributed by atoms with Crippen LogP contribution in [-0.4, -0.2) is 35.2 Å². The topological polar surface area (TPSA) is 76.1 Å². The molecule has 5 rings (SSSR count). The first kappa shape index (κ1) is 27.2. The number of rotatable bonds is 7. The van der Waals surface area contributed by atoms with Gasteiger partial charge in [0.2, 0.25) is 5.91 Å². The largest absolute Gasteiger partial charge is 0.486 e. The molecule has 7 nitrogen and oxygen atoms in total. The Morgan fingerprint density at radius 1 is 1.05 bits per heavy atom. The molecule has 1 aliphatic heterocycles. The predicted molar refractivity (Wildman–Crippen MR) is 147 cm³/mol. The van der Waals surface area contributed by atoms with Gasteiger partial charge in [0, 0.05) is 19.0 Å². The van der Waals surface area contributed by atoms with Crippen LogP contribution in [0.3, 0.4) is 0 Å². The van der Waals surface area contributed by atoms with Gasteiger partial charge in [0.1, 0.15) is 29.7 Å². The summed E-state index contributed by atoms with van der Waals surface area (Å²) in [6, 6.07) is 18.7. The molecule has 208 valence electrons. The average molecular weight is 545 g/mol. The minimum Gasteiger partial charge on any atom is -0.486 e. The third-order valence-corrected chi connectivity index (χ3v) is 6.99. The SMILES string of the molecule is CN(Cc1ccco1)C(=O)c1ccc(COc2ccc3c(c2)[C@@H](c2cccc(F)c2)N(C(=O)C(C)(C)C)CC3)o1. The van der Waals surface area contributed by atoms with Crippen LogP contribution in [0.2, 0.25) is 0 Å². The second-order valence-corrected chi connectivity index (χ2v) is 11.1. The Hall–Kier alpha value is -4.33. The Balaban J connectivity index is 1.35. The number of amides is 2. The fourth-order valence-electron chi connectivity index (χ4n) is 4.99. The molecule has 4 aromatic rings. The number of halogens is 1. The summed E-state index contributed by atoms with van der Waals surface area (Å²) in [5.74, 6) is 1.36. The highest BCUT2D eigenvalue weighted by atomic mass is 19.1. The van der Waals surface area contributed by atoms with E-state index in [1.54, 1.807) is 43.6 Å². The van der Waals surface area contributed by atoms with Gasteiger partial charge in [0.25, 0.3) is 5.91 Å². The van der Waals surface area contributed by atoms with E-state index in [0.717, 1.165) is 11.1 Å². The standard InChI is InChI=1S/C32H33FN2O5/c1-32(2,3)31(37)35-15-14-21-10-11-24(18-27(21)29(35)22-7-5-8-23(33)17-22)39-20-26-12-13-28(40-26)30(36)34(4)19-25-9-6-16-38-25/h5-13,16-18,29H,14-15,19-20H2,1-4H3/t29-/m1/s1. The van der Waals surface area contributed by atoms with Crippen LogP contribution in [0.4, 0.5) is 4.39 Å². The molecule has 0 aliphatic carbocycles. The van der Waals surface area contributed by atoms with Gasteiger partial charge in [-0.3, -0.25) is 9.59 Å². The first-order valence-electron chi connectivity index (χ1n) is 13.3. The molecule has 0 N–H and O–H groups in total. The maximum absolute atomic E-state index is 14.3. The van der Waals surface area contributed by atoms with E-state index in [-0.39, 0.29) is 30.0 Å². The van der Waals surface area contributed by atoms with Gasteiger partial charge in [0.15, 0.2) is 5.76 Å². The van der Waals surface area contributed by atoms with Crippen molar-refractivity contribution in [2.24, 2.45) is 5.41 Å². The summed E-state index contributed by atoms with van der Waals surface area (Å²) in [5, 5.41) is 0. The molecular weight excluding hydrogens is 511 g/mol. The zero-order chi connectivity index (χ0) is 28.4. The van der Waals surface area contributed by atoms with Crippen molar-refractivity contribution in [3.05, 3.63) is 113 Å². The molecule has 0 bridgehead atoms. The minimum atomic E-state index is -0.586. The Morgan fingerprint density at radius 3 is 2.60 bits per heavy atom. The van der Waals surface area contributed by atoms with E-state index >= 15 is 0 Å². The van der Waals surface area contributed by atoms with Crippen LogP contribution in [0, 0.1) is 11.2 Å². The highest BCUT2D eigenvalue weighted by Crippen LogP contribution is 2.39. The normalized spacial score (nSPS) is 15.0. The van der Waals surface area contributed by atoms with Crippen molar-refractivity contribution in [2.45, 2.75) is 46.4 Å². The van der Waals surface area contributed by atoms with E-state index in [1.807, 2.05) is 49.9 Å². The van der Waals surface area contributed by atoms with E-state index in [0.29, 0.717) is 42.3 Å². The predicted octanol–water partition coefficient (Wildman–Crippen LogP) is 6.38. The maximum atomic E-state index is 14.3. The van der Waals surface area contributed by atoms with E-state index in [2.05, 4.69) is 0 Å². The number of furan rings is 2. The Kier molecular flexibility index (Phi) is 7.52. The van der Waals surface area contributed by atoms with E-state index in [1.165, 1.54) is 17.0 Å². The molecule has 40 heavy (non-hydrogen) atoms. The maximum Gasteiger partial charge on any atom is 0.289 e. The first-order chi connectivity index (χ1) is 19.1. The lowest BCUT2D eigenvalue weighted by molar-refractivity contribution is -0.141. The van der Waals surface area contributed by atoms with Gasteiger partial charge in [-0.25, -0.2) is 4.39 Å². The molecule has 2 amide bonds. The lowest BCUT2D eigenvalue weighted by Gasteiger charge is -2.41. The number of carbonyl (C=O) groups is 2. The Bertz CT molecular complexity index is 1500. The number of fused-ring (bicyclic) bond motifs is 1. The Labute approximate surface area is 233 Å². The number of hydrogen-bond acceptors (Lipinski definition) is 5. The van der Waals surface area contributed by atoms with Crippen molar-refractivity contribution < 1.29 is 27.6 Å². The van der Waals surface area contributed by atoms with Crippen molar-refractivity contribution in [3.8, 4) is 5.75 Å². The van der Waals surface area contributed by atoms with Gasteiger partial charge in [-0.2, -0.15) is 0 Å². The molecule has 1 aliphatic rings. The third kappa shape index (κ3) is 5.81. The monoisotopic (exact) mass is 544 g/mol. The lowest BCUT2D eigenvalue weighted by atomic mass is 9.85. The zero-order valence-electron chi connectivity index (χ0n) is 23.1. The molecule has 2 aromatic heterocycles. The van der Waals surface area contributed by atoms with E-state index < -0.39 is 11.5 Å². The number of nitrogens with zero attached hydrogens (tertiary/aromatic N) is 2. The van der Waals surface area contributed by atoms with Crippen LogP contribution in [0.1, 0.15) is 65.6 Å². The number of hydrogen-bond donors (Lipinski definition) is 0. The quantitative estimate of drug-likeness (QED) is 0.270.